The van der Waals surface area contributed by atoms with E-state index in [0.29, 0.717) is 0 Å². The van der Waals surface area contributed by atoms with Gasteiger partial charge in [0.25, 0.3) is 0 Å². The van der Waals surface area contributed by atoms with Gasteiger partial charge in [0, 0.05) is 6.42 Å². The number of ether oxygens (including phenoxy) is 1. The van der Waals surface area contributed by atoms with Crippen molar-refractivity contribution in [2.75, 3.05) is 5.94 Å². The van der Waals surface area contributed by atoms with Crippen LogP contribution in [0.2, 0.25) is 0 Å². The van der Waals surface area contributed by atoms with Gasteiger partial charge in [-0.1, -0.05) is 6.92 Å². The lowest BCUT2D eigenvalue weighted by molar-refractivity contribution is -0.167. The first kappa shape index (κ1) is 14.0. The van der Waals surface area contributed by atoms with E-state index in [1.165, 1.54) is 6.92 Å². The van der Waals surface area contributed by atoms with Crippen LogP contribution in [0.3, 0.4) is 0 Å². The molecule has 8 heteroatoms. The second-order valence-electron chi connectivity index (χ2n) is 2.98. The number of Topliss-reactive ketones (excluding diaryl/α,β-unsaturated/α-hetero) is 1. The molecule has 1 atom stereocenters. The number of ketones is 1. The van der Waals surface area contributed by atoms with E-state index in [9.17, 15) is 23.1 Å². The summed E-state index contributed by atoms with van der Waals surface area (Å²) in [6.07, 6.45) is -0.103. The number of esters is 1. The standard InChI is InChI=1S/C7H12O7S/c1-3-5(8)7(2,10)6(9)14-4-15(11,12)13/h10H,3-4H2,1-2H3,(H,11,12,13). The SMILES string of the molecule is CCC(=O)C(C)(O)C(=O)OCS(=O)(=O)O. The van der Waals surface area contributed by atoms with E-state index in [-0.39, 0.29) is 6.42 Å². The van der Waals surface area contributed by atoms with Crippen LogP contribution >= 0.6 is 0 Å². The van der Waals surface area contributed by atoms with Gasteiger partial charge in [-0.15, -0.1) is 0 Å². The zero-order valence-electron chi connectivity index (χ0n) is 8.26. The molecule has 0 spiro atoms. The molecule has 0 amide bonds. The van der Waals surface area contributed by atoms with Crippen molar-refractivity contribution in [1.82, 2.24) is 0 Å². The third kappa shape index (κ3) is 4.36. The van der Waals surface area contributed by atoms with Gasteiger partial charge in [-0.2, -0.15) is 8.42 Å². The van der Waals surface area contributed by atoms with Crippen molar-refractivity contribution in [2.24, 2.45) is 0 Å². The van der Waals surface area contributed by atoms with Crippen LogP contribution < -0.4 is 0 Å². The number of hydrogen-bond acceptors (Lipinski definition) is 6. The monoisotopic (exact) mass is 240 g/mol. The molecule has 0 bridgehead atoms. The summed E-state index contributed by atoms with van der Waals surface area (Å²) in [6.45, 7) is 2.32. The summed E-state index contributed by atoms with van der Waals surface area (Å²) in [7, 11) is -4.48. The summed E-state index contributed by atoms with van der Waals surface area (Å²) >= 11 is 0. The lowest BCUT2D eigenvalue weighted by Crippen LogP contribution is -2.45. The first-order valence-electron chi connectivity index (χ1n) is 3.99. The fraction of sp³-hybridized carbons (Fsp3) is 0.714. The van der Waals surface area contributed by atoms with Crippen molar-refractivity contribution < 1.29 is 32.4 Å². The number of rotatable bonds is 5. The fourth-order valence-electron chi connectivity index (χ4n) is 0.727. The largest absolute Gasteiger partial charge is 0.444 e. The van der Waals surface area contributed by atoms with Crippen LogP contribution in [0.25, 0.3) is 0 Å². The summed E-state index contributed by atoms with van der Waals surface area (Å²) in [6, 6.07) is 0. The topological polar surface area (TPSA) is 118 Å². The van der Waals surface area contributed by atoms with Crippen molar-refractivity contribution in [3.8, 4) is 0 Å². The van der Waals surface area contributed by atoms with Crippen molar-refractivity contribution in [1.29, 1.82) is 0 Å². The molecule has 0 aromatic carbocycles. The maximum atomic E-state index is 11.0. The average molecular weight is 240 g/mol. The summed E-state index contributed by atoms with van der Waals surface area (Å²) in [5.74, 6) is -3.51. The molecule has 0 aromatic rings. The average Bonchev–Trinajstić information content (AvgIpc) is 2.11. The maximum Gasteiger partial charge on any atom is 0.346 e. The smallest absolute Gasteiger partial charge is 0.346 e. The van der Waals surface area contributed by atoms with Crippen molar-refractivity contribution in [2.45, 2.75) is 25.9 Å². The molecule has 1 unspecified atom stereocenters. The van der Waals surface area contributed by atoms with Crippen LogP contribution in [0.1, 0.15) is 20.3 Å². The first-order valence-corrected chi connectivity index (χ1v) is 5.60. The molecule has 0 rings (SSSR count). The number of carbonyl (C=O) groups excluding carboxylic acids is 2. The summed E-state index contributed by atoms with van der Waals surface area (Å²) in [5.41, 5.74) is -2.39. The van der Waals surface area contributed by atoms with Crippen LogP contribution in [0.15, 0.2) is 0 Å². The molecular weight excluding hydrogens is 228 g/mol. The number of hydrogen-bond donors (Lipinski definition) is 2. The summed E-state index contributed by atoms with van der Waals surface area (Å²) in [4.78, 5) is 22.1. The lowest BCUT2D eigenvalue weighted by Gasteiger charge is -2.18. The van der Waals surface area contributed by atoms with Crippen LogP contribution in [-0.2, 0) is 24.4 Å². The Morgan fingerprint density at radius 1 is 1.40 bits per heavy atom. The van der Waals surface area contributed by atoms with Gasteiger partial charge in [0.2, 0.25) is 11.5 Å². The highest BCUT2D eigenvalue weighted by Gasteiger charge is 2.39. The molecular formula is C7H12O7S. The van der Waals surface area contributed by atoms with Gasteiger partial charge in [-0.05, 0) is 6.92 Å². The van der Waals surface area contributed by atoms with Gasteiger partial charge in [0.05, 0.1) is 0 Å². The second-order valence-corrected chi connectivity index (χ2v) is 4.38. The Labute approximate surface area is 86.8 Å². The van der Waals surface area contributed by atoms with Gasteiger partial charge in [-0.25, -0.2) is 4.79 Å². The second kappa shape index (κ2) is 4.69. The Bertz CT molecular complexity index is 354. The summed E-state index contributed by atoms with van der Waals surface area (Å²) in [5, 5.41) is 9.35. The molecule has 0 saturated carbocycles. The minimum Gasteiger partial charge on any atom is -0.444 e. The Balaban J connectivity index is 4.52. The molecule has 0 aliphatic rings. The summed E-state index contributed by atoms with van der Waals surface area (Å²) < 4.78 is 32.7. The quantitative estimate of drug-likeness (QED) is 0.363. The van der Waals surface area contributed by atoms with Gasteiger partial charge >= 0.3 is 16.1 Å². The number of aliphatic hydroxyl groups is 1. The molecule has 0 aromatic heterocycles. The van der Waals surface area contributed by atoms with E-state index >= 15 is 0 Å². The highest BCUT2D eigenvalue weighted by Crippen LogP contribution is 2.10. The predicted octanol–water partition coefficient (Wildman–Crippen LogP) is -0.895. The molecule has 15 heavy (non-hydrogen) atoms. The lowest BCUT2D eigenvalue weighted by atomic mass is 10.00. The zero-order valence-corrected chi connectivity index (χ0v) is 9.07. The third-order valence-corrected chi connectivity index (χ3v) is 2.02. The van der Waals surface area contributed by atoms with E-state index in [1.54, 1.807) is 0 Å². The molecule has 2 N–H and O–H groups in total. The van der Waals surface area contributed by atoms with E-state index in [2.05, 4.69) is 4.74 Å². The molecule has 0 saturated heterocycles. The molecule has 0 radical (unpaired) electrons. The van der Waals surface area contributed by atoms with Gasteiger partial charge in [0.15, 0.2) is 5.78 Å². The van der Waals surface area contributed by atoms with E-state index < -0.39 is 33.4 Å². The van der Waals surface area contributed by atoms with Crippen molar-refractivity contribution in [3.05, 3.63) is 0 Å². The van der Waals surface area contributed by atoms with Crippen LogP contribution in [0.4, 0.5) is 0 Å². The van der Waals surface area contributed by atoms with Gasteiger partial charge < -0.3 is 9.84 Å². The fourth-order valence-corrected chi connectivity index (χ4v) is 0.983. The van der Waals surface area contributed by atoms with Crippen molar-refractivity contribution in [3.63, 3.8) is 0 Å². The molecule has 0 aliphatic heterocycles. The van der Waals surface area contributed by atoms with Crippen LogP contribution in [-0.4, -0.2) is 41.4 Å². The maximum absolute atomic E-state index is 11.0. The molecule has 88 valence electrons. The Hall–Kier alpha value is -0.990. The first-order chi connectivity index (χ1) is 6.61. The molecule has 0 fully saturated rings. The zero-order chi connectivity index (χ0) is 12.3. The molecule has 7 nitrogen and oxygen atoms in total. The third-order valence-electron chi connectivity index (χ3n) is 1.60. The minimum atomic E-state index is -4.48. The highest BCUT2D eigenvalue weighted by molar-refractivity contribution is 7.85. The van der Waals surface area contributed by atoms with E-state index in [0.717, 1.165) is 6.92 Å². The van der Waals surface area contributed by atoms with Crippen LogP contribution in [0.5, 0.6) is 0 Å². The van der Waals surface area contributed by atoms with E-state index in [1.807, 2.05) is 0 Å². The highest BCUT2D eigenvalue weighted by atomic mass is 32.2. The Kier molecular flexibility index (Phi) is 4.38. The molecule has 0 aliphatic carbocycles. The van der Waals surface area contributed by atoms with E-state index in [4.69, 9.17) is 4.55 Å². The predicted molar refractivity (Wildman–Crippen MR) is 48.4 cm³/mol. The minimum absolute atomic E-state index is 0.103. The Morgan fingerprint density at radius 3 is 2.20 bits per heavy atom. The van der Waals surface area contributed by atoms with Crippen molar-refractivity contribution >= 4 is 21.9 Å². The van der Waals surface area contributed by atoms with Gasteiger partial charge in [0.1, 0.15) is 0 Å². The van der Waals surface area contributed by atoms with Crippen LogP contribution in [0, 0.1) is 0 Å². The van der Waals surface area contributed by atoms with Gasteiger partial charge in [-0.3, -0.25) is 9.35 Å². The number of carbonyl (C=O) groups is 2. The Morgan fingerprint density at radius 2 is 1.87 bits per heavy atom. The normalized spacial score (nSPS) is 15.5. The molecule has 0 heterocycles.